The Bertz CT molecular complexity index is 744. The number of nitrogens with zero attached hydrogens (tertiary/aromatic N) is 4. The molecule has 1 saturated carbocycles. The van der Waals surface area contributed by atoms with Crippen LogP contribution < -0.4 is 0 Å². The van der Waals surface area contributed by atoms with Crippen LogP contribution in [0.3, 0.4) is 0 Å². The molecule has 0 spiro atoms. The van der Waals surface area contributed by atoms with E-state index in [4.69, 9.17) is 11.6 Å². The second-order valence-electron chi connectivity index (χ2n) is 5.77. The average molecular weight is 329 g/mol. The average Bonchev–Trinajstić information content (AvgIpc) is 2.97. The lowest BCUT2D eigenvalue weighted by atomic mass is 10.2. The van der Waals surface area contributed by atoms with Crippen LogP contribution in [0.25, 0.3) is 11.0 Å². The van der Waals surface area contributed by atoms with Crippen molar-refractivity contribution >= 4 is 28.5 Å². The van der Waals surface area contributed by atoms with Gasteiger partial charge in [0.2, 0.25) is 11.2 Å². The molecule has 3 rings (SSSR count). The highest BCUT2D eigenvalue weighted by Crippen LogP contribution is 2.43. The van der Waals surface area contributed by atoms with Crippen molar-refractivity contribution in [2.45, 2.75) is 31.2 Å². The molecule has 1 atom stereocenters. The van der Waals surface area contributed by atoms with Crippen molar-refractivity contribution in [3.63, 3.8) is 0 Å². The number of fused-ring (bicyclic) bond motifs is 1. The lowest BCUT2D eigenvalue weighted by Gasteiger charge is -2.19. The Labute approximate surface area is 130 Å². The zero-order chi connectivity index (χ0) is 16.1. The first-order chi connectivity index (χ1) is 10.3. The molecule has 1 amide bonds. The molecule has 22 heavy (non-hydrogen) atoms. The third kappa shape index (κ3) is 2.54. The summed E-state index contributed by atoms with van der Waals surface area (Å²) in [5.41, 5.74) is 0.757. The van der Waals surface area contributed by atoms with Crippen LogP contribution in [-0.2, 0) is 0 Å². The molecule has 118 valence electrons. The molecule has 0 radical (unpaired) electrons. The topological polar surface area (TPSA) is 51.0 Å². The lowest BCUT2D eigenvalue weighted by Crippen LogP contribution is -2.26. The van der Waals surface area contributed by atoms with Gasteiger partial charge in [0.05, 0.1) is 0 Å². The molecule has 0 aliphatic heterocycles. The third-order valence-electron chi connectivity index (χ3n) is 3.91. The van der Waals surface area contributed by atoms with Gasteiger partial charge in [0.15, 0.2) is 0 Å². The van der Waals surface area contributed by atoms with E-state index in [1.54, 1.807) is 24.7 Å². The van der Waals surface area contributed by atoms with Crippen LogP contribution in [-0.4, -0.2) is 45.4 Å². The molecular weight excluding hydrogens is 314 g/mol. The van der Waals surface area contributed by atoms with Gasteiger partial charge in [-0.3, -0.25) is 4.79 Å². The van der Waals surface area contributed by atoms with Crippen molar-refractivity contribution in [1.82, 2.24) is 19.4 Å². The van der Waals surface area contributed by atoms with E-state index in [-0.39, 0.29) is 24.0 Å². The molecule has 0 saturated heterocycles. The molecule has 1 aliphatic rings. The molecule has 2 heterocycles. The second kappa shape index (κ2) is 5.15. The SMILES string of the molecule is CN(C)C(=O)c1cc2cnc(Cl)nc2n1C1CCC(F)(F)C1. The Morgan fingerprint density at radius 1 is 1.50 bits per heavy atom. The predicted molar refractivity (Wildman–Crippen MR) is 78.4 cm³/mol. The van der Waals surface area contributed by atoms with Gasteiger partial charge in [0.25, 0.3) is 5.91 Å². The van der Waals surface area contributed by atoms with Gasteiger partial charge in [-0.1, -0.05) is 0 Å². The van der Waals surface area contributed by atoms with E-state index in [1.165, 1.54) is 11.1 Å². The highest BCUT2D eigenvalue weighted by atomic mass is 35.5. The fourth-order valence-corrected chi connectivity index (χ4v) is 3.03. The van der Waals surface area contributed by atoms with Gasteiger partial charge in [0, 0.05) is 44.6 Å². The number of hydrogen-bond donors (Lipinski definition) is 0. The Balaban J connectivity index is 2.18. The Morgan fingerprint density at radius 2 is 2.23 bits per heavy atom. The van der Waals surface area contributed by atoms with Gasteiger partial charge in [-0.25, -0.2) is 13.8 Å². The van der Waals surface area contributed by atoms with Crippen LogP contribution in [0.4, 0.5) is 8.78 Å². The number of amides is 1. The molecule has 0 aromatic carbocycles. The van der Waals surface area contributed by atoms with E-state index in [0.29, 0.717) is 23.1 Å². The summed E-state index contributed by atoms with van der Waals surface area (Å²) in [5, 5.41) is 0.644. The lowest BCUT2D eigenvalue weighted by molar-refractivity contribution is 0.00562. The fraction of sp³-hybridized carbons (Fsp3) is 0.500. The second-order valence-corrected chi connectivity index (χ2v) is 6.11. The van der Waals surface area contributed by atoms with Gasteiger partial charge < -0.3 is 9.47 Å². The quantitative estimate of drug-likeness (QED) is 0.796. The number of halogens is 3. The zero-order valence-corrected chi connectivity index (χ0v) is 12.9. The number of alkyl halides is 2. The minimum Gasteiger partial charge on any atom is -0.343 e. The van der Waals surface area contributed by atoms with Crippen LogP contribution in [0, 0.1) is 0 Å². The maximum atomic E-state index is 13.6. The molecule has 1 aliphatic carbocycles. The summed E-state index contributed by atoms with van der Waals surface area (Å²) in [4.78, 5) is 21.8. The van der Waals surface area contributed by atoms with E-state index in [0.717, 1.165) is 0 Å². The van der Waals surface area contributed by atoms with Gasteiger partial charge in [-0.2, -0.15) is 4.98 Å². The van der Waals surface area contributed by atoms with Crippen LogP contribution >= 0.6 is 11.6 Å². The minimum atomic E-state index is -2.71. The number of rotatable bonds is 2. The van der Waals surface area contributed by atoms with E-state index in [1.807, 2.05) is 0 Å². The highest BCUT2D eigenvalue weighted by molar-refractivity contribution is 6.28. The molecule has 2 aromatic rings. The van der Waals surface area contributed by atoms with E-state index < -0.39 is 12.0 Å². The van der Waals surface area contributed by atoms with Gasteiger partial charge in [-0.05, 0) is 24.1 Å². The Morgan fingerprint density at radius 3 is 2.82 bits per heavy atom. The molecule has 0 bridgehead atoms. The summed E-state index contributed by atoms with van der Waals surface area (Å²) in [7, 11) is 3.23. The number of carbonyl (C=O) groups excluding carboxylic acids is 1. The Kier molecular flexibility index (Phi) is 3.55. The van der Waals surface area contributed by atoms with Crippen molar-refractivity contribution in [2.24, 2.45) is 0 Å². The van der Waals surface area contributed by atoms with Gasteiger partial charge in [-0.15, -0.1) is 0 Å². The first-order valence-electron chi connectivity index (χ1n) is 6.91. The van der Waals surface area contributed by atoms with Crippen LogP contribution in [0.1, 0.15) is 35.8 Å². The number of carbonyl (C=O) groups is 1. The molecule has 2 aromatic heterocycles. The zero-order valence-electron chi connectivity index (χ0n) is 12.2. The summed E-state index contributed by atoms with van der Waals surface area (Å²) in [6, 6.07) is 1.15. The summed E-state index contributed by atoms with van der Waals surface area (Å²) in [5.74, 6) is -2.97. The number of aromatic nitrogens is 3. The summed E-state index contributed by atoms with van der Waals surface area (Å²) < 4.78 is 28.8. The van der Waals surface area contributed by atoms with Gasteiger partial charge >= 0.3 is 0 Å². The van der Waals surface area contributed by atoms with Crippen LogP contribution in [0.2, 0.25) is 5.28 Å². The monoisotopic (exact) mass is 328 g/mol. The van der Waals surface area contributed by atoms with Crippen molar-refractivity contribution < 1.29 is 13.6 Å². The maximum absolute atomic E-state index is 13.6. The molecule has 5 nitrogen and oxygen atoms in total. The summed E-state index contributed by atoms with van der Waals surface area (Å²) >= 11 is 5.83. The molecule has 0 N–H and O–H groups in total. The third-order valence-corrected chi connectivity index (χ3v) is 4.10. The Hall–Kier alpha value is -1.76. The molecule has 1 unspecified atom stereocenters. The smallest absolute Gasteiger partial charge is 0.270 e. The normalized spacial score (nSPS) is 20.5. The first-order valence-corrected chi connectivity index (χ1v) is 7.29. The first kappa shape index (κ1) is 15.1. The standard InChI is InChI=1S/C14H15ClF2N4O/c1-20(2)12(22)10-5-8-7-18-13(15)19-11(8)21(10)9-3-4-14(16,17)6-9/h5,7,9H,3-4,6H2,1-2H3. The largest absolute Gasteiger partial charge is 0.343 e. The van der Waals surface area contributed by atoms with Crippen LogP contribution in [0.5, 0.6) is 0 Å². The maximum Gasteiger partial charge on any atom is 0.270 e. The highest BCUT2D eigenvalue weighted by Gasteiger charge is 2.41. The van der Waals surface area contributed by atoms with Crippen molar-refractivity contribution in [3.8, 4) is 0 Å². The van der Waals surface area contributed by atoms with Crippen molar-refractivity contribution in [3.05, 3.63) is 23.2 Å². The fourth-order valence-electron chi connectivity index (χ4n) is 2.90. The molecule has 1 fully saturated rings. The van der Waals surface area contributed by atoms with Gasteiger partial charge in [0.1, 0.15) is 11.3 Å². The van der Waals surface area contributed by atoms with E-state index in [2.05, 4.69) is 9.97 Å². The van der Waals surface area contributed by atoms with Crippen LogP contribution in [0.15, 0.2) is 12.3 Å². The minimum absolute atomic E-state index is 0.0282. The molecular formula is C14H15ClF2N4O. The number of hydrogen-bond acceptors (Lipinski definition) is 3. The summed E-state index contributed by atoms with van der Waals surface area (Å²) in [6.45, 7) is 0. The van der Waals surface area contributed by atoms with Crippen molar-refractivity contribution in [1.29, 1.82) is 0 Å². The van der Waals surface area contributed by atoms with Crippen molar-refractivity contribution in [2.75, 3.05) is 14.1 Å². The van der Waals surface area contributed by atoms with E-state index >= 15 is 0 Å². The predicted octanol–water partition coefficient (Wildman–Crippen LogP) is 3.15. The molecule has 8 heteroatoms. The van der Waals surface area contributed by atoms with E-state index in [9.17, 15) is 13.6 Å². The summed E-state index contributed by atoms with van der Waals surface area (Å²) in [6.07, 6.45) is 1.31.